The van der Waals surface area contributed by atoms with Crippen molar-refractivity contribution in [2.24, 2.45) is 5.41 Å². The Hall–Kier alpha value is 0.183. The normalized spacial score (nSPS) is 12.6. The molecule has 0 aromatic carbocycles. The summed E-state index contributed by atoms with van der Waals surface area (Å²) in [5.74, 6) is -3.38. The van der Waals surface area contributed by atoms with Gasteiger partial charge < -0.3 is 50.1 Å². The Morgan fingerprint density at radius 1 is 0.679 bits per heavy atom. The molecule has 3 unspecified atom stereocenters. The Labute approximate surface area is 199 Å². The second kappa shape index (κ2) is 23.5. The summed E-state index contributed by atoms with van der Waals surface area (Å²) >= 11 is 10.6. The summed E-state index contributed by atoms with van der Waals surface area (Å²) < 4.78 is 0. The number of carbonyl (C=O) groups excluding carboxylic acids is 3. The van der Waals surface area contributed by atoms with E-state index in [1.165, 1.54) is 20.8 Å². The van der Waals surface area contributed by atoms with Crippen molar-refractivity contribution < 1.29 is 50.1 Å². The molecule has 0 aromatic heterocycles. The van der Waals surface area contributed by atoms with Gasteiger partial charge in [0, 0.05) is 15.7 Å². The largest absolute Gasteiger partial charge is 3.00 e. The van der Waals surface area contributed by atoms with E-state index in [-0.39, 0.29) is 26.2 Å². The third-order valence-electron chi connectivity index (χ3n) is 2.36. The van der Waals surface area contributed by atoms with Gasteiger partial charge >= 0.3 is 26.2 Å². The van der Waals surface area contributed by atoms with Crippen LogP contribution in [0.1, 0.15) is 20.8 Å². The number of carboxylic acids is 3. The molecule has 0 aliphatic heterocycles. The smallest absolute Gasteiger partial charge is 0.549 e. The topological polar surface area (TPSA) is 201 Å². The van der Waals surface area contributed by atoms with Crippen molar-refractivity contribution in [3.8, 4) is 0 Å². The molecule has 0 heterocycles. The number of thiol groups is 3. The molecule has 10 nitrogen and oxygen atoms in total. The zero-order valence-electron chi connectivity index (χ0n) is 15.6. The van der Waals surface area contributed by atoms with Crippen LogP contribution in [0.5, 0.6) is 0 Å². The van der Waals surface area contributed by atoms with Crippen molar-refractivity contribution in [2.45, 2.75) is 36.5 Å². The summed E-state index contributed by atoms with van der Waals surface area (Å²) in [7, 11) is 0. The molecule has 2 radical (unpaired) electrons. The van der Waals surface area contributed by atoms with E-state index < -0.39 is 65.5 Å². The number of carboxylic acid groups (broad SMARTS) is 3. The molecule has 0 aromatic rings. The number of aliphatic hydroxyl groups excluding tert-OH is 4. The van der Waals surface area contributed by atoms with Crippen LogP contribution >= 0.6 is 37.9 Å². The van der Waals surface area contributed by atoms with Crippen molar-refractivity contribution >= 4 is 82.0 Å². The van der Waals surface area contributed by atoms with E-state index in [0.717, 1.165) is 0 Å². The molecule has 0 spiro atoms. The standard InChI is InChI=1S/C5H12O4.3C3H6O2S.Bi/c6-1-5(2-7,3-8)4-9;3*1-2(6)3(4)5;/h6-9H,1-4H2;3*2,6H,1H3,(H,4,5);/q;;;;+3/p-3. The molecule has 3 atom stereocenters. The summed E-state index contributed by atoms with van der Waals surface area (Å²) in [6.45, 7) is 2.70. The van der Waals surface area contributed by atoms with Gasteiger partial charge in [-0.2, -0.15) is 37.9 Å². The van der Waals surface area contributed by atoms with Crippen LogP contribution in [0, 0.1) is 5.41 Å². The van der Waals surface area contributed by atoms with E-state index >= 15 is 0 Å². The Bertz CT molecular complexity index is 345. The quantitative estimate of drug-likeness (QED) is 0.102. The van der Waals surface area contributed by atoms with Crippen LogP contribution in [-0.4, -0.2) is 107 Å². The van der Waals surface area contributed by atoms with Gasteiger partial charge in [-0.15, -0.1) is 0 Å². The van der Waals surface area contributed by atoms with Crippen LogP contribution in [-0.2, 0) is 14.4 Å². The second-order valence-electron chi connectivity index (χ2n) is 5.12. The average molecular weight is 661 g/mol. The third-order valence-corrected chi connectivity index (χ3v) is 3.00. The minimum Gasteiger partial charge on any atom is -0.549 e. The fourth-order valence-corrected chi connectivity index (χ4v) is 0.300. The predicted octanol–water partition coefficient (Wildman–Crippen LogP) is -5.27. The molecular weight excluding hydrogens is 633 g/mol. The number of rotatable bonds is 7. The van der Waals surface area contributed by atoms with Crippen molar-refractivity contribution in [3.05, 3.63) is 0 Å². The molecular formula is C14H27BiO10S3. The Kier molecular flexibility index (Phi) is 32.5. The van der Waals surface area contributed by atoms with Gasteiger partial charge in [0.05, 0.1) is 49.8 Å². The Morgan fingerprint density at radius 3 is 0.786 bits per heavy atom. The van der Waals surface area contributed by atoms with Crippen molar-refractivity contribution in [2.75, 3.05) is 26.4 Å². The van der Waals surface area contributed by atoms with Gasteiger partial charge in [0.1, 0.15) is 0 Å². The van der Waals surface area contributed by atoms with Crippen LogP contribution in [0.3, 0.4) is 0 Å². The third kappa shape index (κ3) is 28.4. The molecule has 4 N–H and O–H groups in total. The maximum absolute atomic E-state index is 9.51. The van der Waals surface area contributed by atoms with E-state index in [4.69, 9.17) is 20.4 Å². The van der Waals surface area contributed by atoms with Gasteiger partial charge in [0.15, 0.2) is 0 Å². The maximum atomic E-state index is 9.51. The zero-order chi connectivity index (χ0) is 22.8. The van der Waals surface area contributed by atoms with Crippen molar-refractivity contribution in [1.82, 2.24) is 0 Å². The molecule has 0 saturated carbocycles. The first kappa shape index (κ1) is 38.7. The number of carbonyl (C=O) groups is 3. The summed E-state index contributed by atoms with van der Waals surface area (Å²) in [6.07, 6.45) is 0. The molecule has 28 heavy (non-hydrogen) atoms. The van der Waals surface area contributed by atoms with E-state index in [1.54, 1.807) is 0 Å². The molecule has 0 amide bonds. The van der Waals surface area contributed by atoms with Gasteiger partial charge in [-0.3, -0.25) is 0 Å². The van der Waals surface area contributed by atoms with E-state index in [2.05, 4.69) is 37.9 Å². The van der Waals surface area contributed by atoms with Crippen molar-refractivity contribution in [3.63, 3.8) is 0 Å². The molecule has 0 saturated heterocycles. The molecule has 0 aliphatic rings. The van der Waals surface area contributed by atoms with Gasteiger partial charge in [0.2, 0.25) is 0 Å². The van der Waals surface area contributed by atoms with Crippen LogP contribution in [0.2, 0.25) is 0 Å². The SMILES string of the molecule is CC(S)C(=O)[O-].CC(S)C(=O)[O-].CC(S)C(=O)[O-].OCC(CO)(CO)CO.[Bi+3]. The van der Waals surface area contributed by atoms with Crippen LogP contribution in [0.25, 0.3) is 0 Å². The zero-order valence-corrected chi connectivity index (χ0v) is 21.7. The summed E-state index contributed by atoms with van der Waals surface area (Å²) in [5, 5.41) is 60.6. The molecule has 166 valence electrons. The molecule has 0 aliphatic carbocycles. The van der Waals surface area contributed by atoms with E-state index in [0.29, 0.717) is 0 Å². The first-order valence-electron chi connectivity index (χ1n) is 7.28. The van der Waals surface area contributed by atoms with Crippen molar-refractivity contribution in [1.29, 1.82) is 0 Å². The molecule has 0 rings (SSSR count). The van der Waals surface area contributed by atoms with E-state index in [1.807, 2.05) is 0 Å². The number of aliphatic carboxylic acids is 3. The minimum atomic E-state index is -1.13. The van der Waals surface area contributed by atoms with Crippen LogP contribution in [0.4, 0.5) is 0 Å². The first-order valence-corrected chi connectivity index (χ1v) is 8.83. The first-order chi connectivity index (χ1) is 12.2. The maximum Gasteiger partial charge on any atom is 3.00 e. The van der Waals surface area contributed by atoms with Gasteiger partial charge in [0.25, 0.3) is 0 Å². The monoisotopic (exact) mass is 660 g/mol. The fraction of sp³-hybridized carbons (Fsp3) is 0.786. The summed E-state index contributed by atoms with van der Waals surface area (Å²) in [4.78, 5) is 28.5. The average Bonchev–Trinajstić information content (AvgIpc) is 2.58. The molecule has 0 fully saturated rings. The van der Waals surface area contributed by atoms with Crippen LogP contribution < -0.4 is 15.3 Å². The molecule has 0 bridgehead atoms. The Balaban J connectivity index is -0.0000000846. The van der Waals surface area contributed by atoms with Gasteiger partial charge in [-0.25, -0.2) is 0 Å². The summed E-state index contributed by atoms with van der Waals surface area (Å²) in [5.41, 5.74) is -1.11. The minimum absolute atomic E-state index is 0. The van der Waals surface area contributed by atoms with Crippen LogP contribution in [0.15, 0.2) is 0 Å². The predicted molar refractivity (Wildman–Crippen MR) is 107 cm³/mol. The summed E-state index contributed by atoms with van der Waals surface area (Å²) in [6, 6.07) is 0. The van der Waals surface area contributed by atoms with Gasteiger partial charge in [-0.1, -0.05) is 0 Å². The fourth-order valence-electron chi connectivity index (χ4n) is 0.300. The number of aliphatic hydroxyl groups is 4. The second-order valence-corrected chi connectivity index (χ2v) is 7.44. The molecule has 14 heteroatoms. The number of hydrogen-bond donors (Lipinski definition) is 7. The van der Waals surface area contributed by atoms with E-state index in [9.17, 15) is 29.7 Å². The van der Waals surface area contributed by atoms with Gasteiger partial charge in [-0.05, 0) is 20.8 Å². The number of hydrogen-bond acceptors (Lipinski definition) is 13. The Morgan fingerprint density at radius 2 is 0.786 bits per heavy atom.